The third-order valence-corrected chi connectivity index (χ3v) is 3.60. The van der Waals surface area contributed by atoms with Crippen molar-refractivity contribution in [3.63, 3.8) is 0 Å². The fourth-order valence-corrected chi connectivity index (χ4v) is 2.70. The number of hydrogen-bond donors (Lipinski definition) is 0. The summed E-state index contributed by atoms with van der Waals surface area (Å²) in [5, 5.41) is 3.13. The van der Waals surface area contributed by atoms with Crippen molar-refractivity contribution in [2.45, 2.75) is 37.3 Å². The number of nitrogens with zero attached hydrogens (tertiary/aromatic N) is 3. The number of hydrogen-bond acceptors (Lipinski definition) is 4. The van der Waals surface area contributed by atoms with Gasteiger partial charge in [0.1, 0.15) is 11.4 Å². The minimum Gasteiger partial charge on any atom is -0.428 e. The van der Waals surface area contributed by atoms with Crippen LogP contribution in [0.3, 0.4) is 0 Å². The summed E-state index contributed by atoms with van der Waals surface area (Å²) in [5.74, 6) is 0. The summed E-state index contributed by atoms with van der Waals surface area (Å²) in [6.45, 7) is 0.449. The Kier molecular flexibility index (Phi) is 3.55. The quantitative estimate of drug-likeness (QED) is 0.363. The Balaban J connectivity index is 1.63. The summed E-state index contributed by atoms with van der Waals surface area (Å²) in [6, 6.07) is 10.1. The highest BCUT2D eigenvalue weighted by Gasteiger charge is 2.41. The molecule has 2 saturated heterocycles. The lowest BCUT2D eigenvalue weighted by molar-refractivity contribution is -0.128. The molecule has 2 aliphatic heterocycles. The van der Waals surface area contributed by atoms with Crippen LogP contribution in [0.5, 0.6) is 0 Å². The summed E-state index contributed by atoms with van der Waals surface area (Å²) >= 11 is 0. The normalized spacial score (nSPS) is 33.3. The summed E-state index contributed by atoms with van der Waals surface area (Å²) in [6.07, 6.45) is 1.55. The molecule has 0 amide bonds. The smallest absolute Gasteiger partial charge is 0.133 e. The highest BCUT2D eigenvalue weighted by molar-refractivity contribution is 5.19. The average Bonchev–Trinajstić information content (AvgIpc) is 2.89. The first-order chi connectivity index (χ1) is 9.36. The van der Waals surface area contributed by atoms with E-state index in [-0.39, 0.29) is 24.4 Å². The van der Waals surface area contributed by atoms with Gasteiger partial charge < -0.3 is 14.3 Å². The first-order valence-corrected chi connectivity index (χ1v) is 6.39. The van der Waals surface area contributed by atoms with Crippen LogP contribution < -0.4 is 0 Å². The van der Waals surface area contributed by atoms with Gasteiger partial charge in [0, 0.05) is 17.8 Å². The van der Waals surface area contributed by atoms with Crippen molar-refractivity contribution in [3.8, 4) is 0 Å². The van der Waals surface area contributed by atoms with E-state index in [2.05, 4.69) is 22.3 Å². The van der Waals surface area contributed by atoms with Crippen LogP contribution in [0.25, 0.3) is 10.4 Å². The Morgan fingerprint density at radius 2 is 2.05 bits per heavy atom. The van der Waals surface area contributed by atoms with Gasteiger partial charge in [-0.1, -0.05) is 30.3 Å². The van der Waals surface area contributed by atoms with Gasteiger partial charge in [-0.05, 0) is 11.1 Å². The van der Waals surface area contributed by atoms with E-state index in [1.54, 1.807) is 0 Å². The standard InChI is InChI=1S/C13H15N3O3/c14-15-16-19-10-6-13-12(17-8-10)7-11(18-13)9-4-2-1-3-5-9/h1-5,10-13H,6-8H2. The molecule has 4 unspecified atom stereocenters. The topological polar surface area (TPSA) is 76.5 Å². The first kappa shape index (κ1) is 12.3. The molecule has 4 atom stereocenters. The van der Waals surface area contributed by atoms with Crippen LogP contribution in [-0.2, 0) is 14.3 Å². The molecule has 19 heavy (non-hydrogen) atoms. The van der Waals surface area contributed by atoms with Crippen molar-refractivity contribution >= 4 is 0 Å². The van der Waals surface area contributed by atoms with E-state index < -0.39 is 0 Å². The molecule has 2 heterocycles. The third kappa shape index (κ3) is 2.66. The predicted octanol–water partition coefficient (Wildman–Crippen LogP) is 2.92. The van der Waals surface area contributed by atoms with Crippen molar-refractivity contribution < 1.29 is 14.3 Å². The largest absolute Gasteiger partial charge is 0.428 e. The highest BCUT2D eigenvalue weighted by Crippen LogP contribution is 2.38. The maximum absolute atomic E-state index is 8.24. The van der Waals surface area contributed by atoms with Crippen LogP contribution in [0.2, 0.25) is 0 Å². The molecule has 2 aliphatic rings. The Morgan fingerprint density at radius 3 is 2.84 bits per heavy atom. The molecule has 1 aromatic carbocycles. The van der Waals surface area contributed by atoms with Crippen LogP contribution in [0.1, 0.15) is 24.5 Å². The van der Waals surface area contributed by atoms with Crippen LogP contribution in [0.15, 0.2) is 35.6 Å². The minimum absolute atomic E-state index is 0.0119. The summed E-state index contributed by atoms with van der Waals surface area (Å²) in [7, 11) is 0. The molecule has 1 aromatic rings. The Bertz CT molecular complexity index is 475. The number of rotatable bonds is 3. The molecule has 6 nitrogen and oxygen atoms in total. The molecule has 0 N–H and O–H groups in total. The fraction of sp³-hybridized carbons (Fsp3) is 0.538. The van der Waals surface area contributed by atoms with Crippen LogP contribution in [0, 0.1) is 0 Å². The molecular formula is C13H15N3O3. The van der Waals surface area contributed by atoms with Gasteiger partial charge in [-0.2, -0.15) is 0 Å². The van der Waals surface area contributed by atoms with Gasteiger partial charge in [0.05, 0.1) is 24.9 Å². The van der Waals surface area contributed by atoms with Crippen LogP contribution >= 0.6 is 0 Å². The van der Waals surface area contributed by atoms with Gasteiger partial charge in [0.15, 0.2) is 0 Å². The lowest BCUT2D eigenvalue weighted by Crippen LogP contribution is -2.38. The van der Waals surface area contributed by atoms with Crippen molar-refractivity contribution in [2.24, 2.45) is 5.28 Å². The van der Waals surface area contributed by atoms with Crippen LogP contribution in [-0.4, -0.2) is 24.9 Å². The second-order valence-electron chi connectivity index (χ2n) is 4.82. The molecule has 0 aliphatic carbocycles. The second-order valence-corrected chi connectivity index (χ2v) is 4.82. The van der Waals surface area contributed by atoms with E-state index in [1.807, 2.05) is 18.2 Å². The number of ether oxygens (including phenoxy) is 2. The molecule has 100 valence electrons. The maximum atomic E-state index is 8.24. The van der Waals surface area contributed by atoms with Gasteiger partial charge in [-0.15, -0.1) is 0 Å². The summed E-state index contributed by atoms with van der Waals surface area (Å²) in [5.41, 5.74) is 9.41. The first-order valence-electron chi connectivity index (χ1n) is 6.39. The summed E-state index contributed by atoms with van der Waals surface area (Å²) < 4.78 is 11.8. The third-order valence-electron chi connectivity index (χ3n) is 3.60. The van der Waals surface area contributed by atoms with Crippen molar-refractivity contribution in [3.05, 3.63) is 46.3 Å². The molecule has 2 fully saturated rings. The highest BCUT2D eigenvalue weighted by atomic mass is 16.7. The Labute approximate surface area is 110 Å². The monoisotopic (exact) mass is 261 g/mol. The number of azide groups is 1. The fourth-order valence-electron chi connectivity index (χ4n) is 2.70. The molecule has 0 bridgehead atoms. The zero-order valence-corrected chi connectivity index (χ0v) is 10.4. The van der Waals surface area contributed by atoms with Gasteiger partial charge in [-0.3, -0.25) is 0 Å². The zero-order valence-electron chi connectivity index (χ0n) is 10.4. The van der Waals surface area contributed by atoms with E-state index in [4.69, 9.17) is 19.8 Å². The van der Waals surface area contributed by atoms with Crippen LogP contribution in [0.4, 0.5) is 0 Å². The van der Waals surface area contributed by atoms with Crippen molar-refractivity contribution in [1.82, 2.24) is 0 Å². The molecule has 0 spiro atoms. The SMILES string of the molecule is [N-]=[N+]=NOC1COC2CC(c3ccccc3)OC2C1. The van der Waals surface area contributed by atoms with Gasteiger partial charge in [0.2, 0.25) is 0 Å². The van der Waals surface area contributed by atoms with E-state index >= 15 is 0 Å². The van der Waals surface area contributed by atoms with Gasteiger partial charge in [0.25, 0.3) is 0 Å². The lowest BCUT2D eigenvalue weighted by atomic mass is 10.0. The van der Waals surface area contributed by atoms with Gasteiger partial charge in [-0.25, -0.2) is 0 Å². The van der Waals surface area contributed by atoms with Crippen molar-refractivity contribution in [1.29, 1.82) is 0 Å². The molecular weight excluding hydrogens is 246 g/mol. The minimum atomic E-state index is -0.216. The molecule has 0 aromatic heterocycles. The molecule has 6 heteroatoms. The van der Waals surface area contributed by atoms with E-state index in [9.17, 15) is 0 Å². The Hall–Kier alpha value is -1.75. The average molecular weight is 261 g/mol. The Morgan fingerprint density at radius 1 is 1.21 bits per heavy atom. The molecule has 0 radical (unpaired) electrons. The van der Waals surface area contributed by atoms with E-state index in [1.165, 1.54) is 5.56 Å². The van der Waals surface area contributed by atoms with E-state index in [0.717, 1.165) is 6.42 Å². The second kappa shape index (κ2) is 5.48. The van der Waals surface area contributed by atoms with Gasteiger partial charge >= 0.3 is 0 Å². The molecule has 0 saturated carbocycles. The van der Waals surface area contributed by atoms with E-state index in [0.29, 0.717) is 13.0 Å². The lowest BCUT2D eigenvalue weighted by Gasteiger charge is -2.29. The molecule has 3 rings (SSSR count). The predicted molar refractivity (Wildman–Crippen MR) is 67.0 cm³/mol. The zero-order chi connectivity index (χ0) is 13.1. The number of benzene rings is 1. The summed E-state index contributed by atoms with van der Waals surface area (Å²) in [4.78, 5) is 7.57. The maximum Gasteiger partial charge on any atom is 0.133 e. The number of fused-ring (bicyclic) bond motifs is 1. The van der Waals surface area contributed by atoms with Crippen molar-refractivity contribution in [2.75, 3.05) is 6.61 Å².